The number of hydrogen-bond acceptors (Lipinski definition) is 14. The first-order valence-corrected chi connectivity index (χ1v) is 15.1. The van der Waals surface area contributed by atoms with Gasteiger partial charge in [-0.3, -0.25) is 9.59 Å². The van der Waals surface area contributed by atoms with E-state index >= 15 is 0 Å². The number of aromatic nitrogens is 6. The van der Waals surface area contributed by atoms with Crippen molar-refractivity contribution in [2.75, 3.05) is 114 Å². The van der Waals surface area contributed by atoms with Gasteiger partial charge >= 0.3 is 5.97 Å². The van der Waals surface area contributed by atoms with E-state index < -0.39 is 12.0 Å². The van der Waals surface area contributed by atoms with Crippen LogP contribution in [0.15, 0.2) is 6.20 Å². The van der Waals surface area contributed by atoms with Gasteiger partial charge in [0.05, 0.1) is 58.4 Å². The number of terminal acetylenes is 1. The minimum atomic E-state index is -0.907. The van der Waals surface area contributed by atoms with Crippen LogP contribution < -0.4 is 15.1 Å². The molecular weight excluding hydrogens is 588 g/mol. The third-order valence-corrected chi connectivity index (χ3v) is 7.15. The van der Waals surface area contributed by atoms with E-state index in [0.29, 0.717) is 116 Å². The van der Waals surface area contributed by atoms with E-state index in [-0.39, 0.29) is 25.4 Å². The Labute approximate surface area is 262 Å². The van der Waals surface area contributed by atoms with Crippen LogP contribution in [0.25, 0.3) is 0 Å². The van der Waals surface area contributed by atoms with Gasteiger partial charge in [0.25, 0.3) is 0 Å². The highest BCUT2D eigenvalue weighted by molar-refractivity contribution is 5.80. The van der Waals surface area contributed by atoms with Crippen LogP contribution in [0.4, 0.5) is 17.8 Å². The highest BCUT2D eigenvalue weighted by atomic mass is 16.5. The van der Waals surface area contributed by atoms with Crippen LogP contribution in [0, 0.1) is 12.3 Å². The Balaban J connectivity index is 1.28. The molecule has 4 rings (SSSR count). The van der Waals surface area contributed by atoms with Crippen molar-refractivity contribution >= 4 is 29.7 Å². The first-order chi connectivity index (χ1) is 21.9. The number of carbonyl (C=O) groups excluding carboxylic acids is 1. The summed E-state index contributed by atoms with van der Waals surface area (Å²) in [6.45, 7) is 9.40. The van der Waals surface area contributed by atoms with Gasteiger partial charge in [-0.1, -0.05) is 11.1 Å². The van der Waals surface area contributed by atoms with Crippen molar-refractivity contribution < 1.29 is 33.6 Å². The molecule has 17 heteroatoms. The highest BCUT2D eigenvalue weighted by Crippen LogP contribution is 2.20. The molecule has 0 spiro atoms. The predicted molar refractivity (Wildman–Crippen MR) is 162 cm³/mol. The average molecular weight is 631 g/mol. The smallest absolute Gasteiger partial charge is 0.303 e. The Hall–Kier alpha value is -4.11. The predicted octanol–water partition coefficient (Wildman–Crippen LogP) is -0.678. The fraction of sp³-hybridized carbons (Fsp3) is 0.679. The summed E-state index contributed by atoms with van der Waals surface area (Å²) in [5.74, 6) is 2.97. The quantitative estimate of drug-likeness (QED) is 0.156. The van der Waals surface area contributed by atoms with E-state index in [4.69, 9.17) is 35.5 Å². The molecule has 0 saturated carbocycles. The van der Waals surface area contributed by atoms with Crippen molar-refractivity contribution in [2.24, 2.45) is 0 Å². The maximum absolute atomic E-state index is 13.2. The number of carboxylic acids is 1. The van der Waals surface area contributed by atoms with Gasteiger partial charge in [-0.15, -0.1) is 11.5 Å². The first-order valence-electron chi connectivity index (χ1n) is 15.1. The number of ether oxygens (including phenoxy) is 4. The molecule has 1 amide bonds. The van der Waals surface area contributed by atoms with Gasteiger partial charge in [0.2, 0.25) is 23.8 Å². The number of carbonyl (C=O) groups is 2. The second kappa shape index (κ2) is 18.0. The molecule has 2 aromatic rings. The van der Waals surface area contributed by atoms with Gasteiger partial charge in [-0.2, -0.15) is 15.0 Å². The fourth-order valence-electron chi connectivity index (χ4n) is 4.64. The maximum Gasteiger partial charge on any atom is 0.303 e. The second-order valence-electron chi connectivity index (χ2n) is 10.3. The molecule has 2 saturated heterocycles. The lowest BCUT2D eigenvalue weighted by molar-refractivity contribution is -0.137. The van der Waals surface area contributed by atoms with Crippen LogP contribution in [-0.2, 0) is 35.0 Å². The Kier molecular flexibility index (Phi) is 13.5. The average Bonchev–Trinajstić information content (AvgIpc) is 3.55. The lowest BCUT2D eigenvalue weighted by atomic mass is 10.2. The number of amides is 1. The molecule has 2 aliphatic heterocycles. The number of aliphatic carboxylic acids is 1. The third kappa shape index (κ3) is 10.8. The van der Waals surface area contributed by atoms with E-state index in [1.807, 2.05) is 4.90 Å². The summed E-state index contributed by atoms with van der Waals surface area (Å²) in [5, 5.41) is 20.2. The molecule has 4 heterocycles. The standard InChI is InChI=1S/C28H42N10O7/c1-3-13-42-17-19-45-20-18-43-14-6-29-26-30-27(32-28(31-26)37-11-15-44-16-12-37)36-9-7-35(8-10-36)25(41)22(2)38-21-23(33-34-38)4-5-24(39)40/h1,21-22H,4-20H2,2H3,(H,39,40)(H,29,30,31,32)/t22-/m0/s1. The number of hydrogen-bond donors (Lipinski definition) is 2. The van der Waals surface area contributed by atoms with Gasteiger partial charge in [-0.25, -0.2) is 4.68 Å². The van der Waals surface area contributed by atoms with E-state index in [1.165, 1.54) is 4.68 Å². The summed E-state index contributed by atoms with van der Waals surface area (Å²) in [6, 6.07) is -0.565. The van der Waals surface area contributed by atoms with Crippen molar-refractivity contribution in [2.45, 2.75) is 25.8 Å². The van der Waals surface area contributed by atoms with Crippen LogP contribution in [-0.4, -0.2) is 150 Å². The Morgan fingerprint density at radius 2 is 1.62 bits per heavy atom. The van der Waals surface area contributed by atoms with Gasteiger partial charge < -0.3 is 44.1 Å². The Morgan fingerprint density at radius 1 is 0.978 bits per heavy atom. The maximum atomic E-state index is 13.2. The Bertz CT molecular complexity index is 1260. The Morgan fingerprint density at radius 3 is 2.29 bits per heavy atom. The molecule has 0 aliphatic carbocycles. The van der Waals surface area contributed by atoms with E-state index in [0.717, 1.165) is 0 Å². The zero-order valence-corrected chi connectivity index (χ0v) is 25.7. The van der Waals surface area contributed by atoms with Crippen molar-refractivity contribution in [1.29, 1.82) is 0 Å². The lowest BCUT2D eigenvalue weighted by Gasteiger charge is -2.36. The molecule has 0 aromatic carbocycles. The largest absolute Gasteiger partial charge is 0.481 e. The monoisotopic (exact) mass is 630 g/mol. The zero-order chi connectivity index (χ0) is 31.9. The number of nitrogens with one attached hydrogen (secondary N) is 1. The summed E-state index contributed by atoms with van der Waals surface area (Å²) in [5.41, 5.74) is 0.538. The molecule has 0 radical (unpaired) electrons. The number of anilines is 3. The zero-order valence-electron chi connectivity index (χ0n) is 25.7. The molecule has 246 valence electrons. The van der Waals surface area contributed by atoms with Gasteiger partial charge in [0.15, 0.2) is 0 Å². The minimum Gasteiger partial charge on any atom is -0.481 e. The molecule has 0 bridgehead atoms. The van der Waals surface area contributed by atoms with Crippen LogP contribution >= 0.6 is 0 Å². The number of carboxylic acid groups (broad SMARTS) is 1. The minimum absolute atomic E-state index is 0.0424. The molecule has 45 heavy (non-hydrogen) atoms. The molecule has 1 atom stereocenters. The summed E-state index contributed by atoms with van der Waals surface area (Å²) >= 11 is 0. The highest BCUT2D eigenvalue weighted by Gasteiger charge is 2.28. The third-order valence-electron chi connectivity index (χ3n) is 7.15. The van der Waals surface area contributed by atoms with Crippen molar-refractivity contribution in [1.82, 2.24) is 34.8 Å². The first kappa shape index (κ1) is 33.8. The van der Waals surface area contributed by atoms with E-state index in [1.54, 1.807) is 18.0 Å². The molecule has 2 N–H and O–H groups in total. The normalized spacial score (nSPS) is 16.0. The molecule has 2 fully saturated rings. The van der Waals surface area contributed by atoms with Crippen LogP contribution in [0.3, 0.4) is 0 Å². The summed E-state index contributed by atoms with van der Waals surface area (Å²) in [4.78, 5) is 44.1. The summed E-state index contributed by atoms with van der Waals surface area (Å²) in [6.07, 6.45) is 6.98. The van der Waals surface area contributed by atoms with Gasteiger partial charge in [0.1, 0.15) is 12.6 Å². The molecule has 2 aliphatic rings. The van der Waals surface area contributed by atoms with Gasteiger partial charge in [0, 0.05) is 58.4 Å². The molecular formula is C28H42N10O7. The number of aryl methyl sites for hydroxylation is 1. The van der Waals surface area contributed by atoms with Crippen molar-refractivity contribution in [3.05, 3.63) is 11.9 Å². The van der Waals surface area contributed by atoms with Crippen LogP contribution in [0.2, 0.25) is 0 Å². The number of piperazine rings is 1. The van der Waals surface area contributed by atoms with E-state index in [2.05, 4.69) is 36.4 Å². The molecule has 0 unspecified atom stereocenters. The van der Waals surface area contributed by atoms with Crippen LogP contribution in [0.1, 0.15) is 25.1 Å². The number of nitrogens with zero attached hydrogens (tertiary/aromatic N) is 9. The fourth-order valence-corrected chi connectivity index (χ4v) is 4.64. The van der Waals surface area contributed by atoms with Crippen LogP contribution in [0.5, 0.6) is 0 Å². The lowest BCUT2D eigenvalue weighted by Crippen LogP contribution is -2.51. The van der Waals surface area contributed by atoms with Crippen molar-refractivity contribution in [3.8, 4) is 12.3 Å². The van der Waals surface area contributed by atoms with Gasteiger partial charge in [-0.05, 0) is 6.92 Å². The topological polar surface area (TPSA) is 182 Å². The second-order valence-corrected chi connectivity index (χ2v) is 10.3. The molecule has 17 nitrogen and oxygen atoms in total. The van der Waals surface area contributed by atoms with E-state index in [9.17, 15) is 9.59 Å². The summed E-state index contributed by atoms with van der Waals surface area (Å²) < 4.78 is 23.2. The SMILES string of the molecule is C#CCOCCOCCOCCNc1nc(N2CCOCC2)nc(N2CCN(C(=O)[C@H](C)n3cc(CCC(=O)O)nn3)CC2)n1. The summed E-state index contributed by atoms with van der Waals surface area (Å²) in [7, 11) is 0. The number of morpholine rings is 1. The number of rotatable bonds is 18. The van der Waals surface area contributed by atoms with Crippen molar-refractivity contribution in [3.63, 3.8) is 0 Å². The molecule has 2 aromatic heterocycles.